The van der Waals surface area contributed by atoms with E-state index in [0.29, 0.717) is 24.9 Å². The molecule has 2 amide bonds. The Morgan fingerprint density at radius 1 is 0.850 bits per heavy atom. The molecule has 0 saturated heterocycles. The Kier molecular flexibility index (Phi) is 10.5. The summed E-state index contributed by atoms with van der Waals surface area (Å²) in [5.41, 5.74) is 1.80. The van der Waals surface area contributed by atoms with Crippen LogP contribution in [0, 0.1) is 0 Å². The molecule has 1 N–H and O–H groups in total. The van der Waals surface area contributed by atoms with Crippen molar-refractivity contribution in [2.24, 2.45) is 0 Å². The fraction of sp³-hybridized carbons (Fsp3) is 0.375. The Hall–Kier alpha value is -3.65. The molecular formula is C32H41N3O4S. The normalized spacial score (nSPS) is 12.4. The van der Waals surface area contributed by atoms with E-state index in [1.54, 1.807) is 30.3 Å². The Morgan fingerprint density at radius 3 is 2.00 bits per heavy atom. The molecule has 1 atom stereocenters. The van der Waals surface area contributed by atoms with Gasteiger partial charge in [-0.2, -0.15) is 0 Å². The van der Waals surface area contributed by atoms with Gasteiger partial charge < -0.3 is 10.2 Å². The van der Waals surface area contributed by atoms with Crippen LogP contribution >= 0.6 is 0 Å². The van der Waals surface area contributed by atoms with Gasteiger partial charge in [0.2, 0.25) is 11.8 Å². The highest BCUT2D eigenvalue weighted by molar-refractivity contribution is 7.92. The number of amides is 2. The number of benzene rings is 3. The lowest BCUT2D eigenvalue weighted by Crippen LogP contribution is -2.56. The van der Waals surface area contributed by atoms with Crippen LogP contribution in [0.1, 0.15) is 52.2 Å². The zero-order chi connectivity index (χ0) is 29.3. The average Bonchev–Trinajstić information content (AvgIpc) is 2.93. The molecule has 3 rings (SSSR count). The van der Waals surface area contributed by atoms with Gasteiger partial charge >= 0.3 is 0 Å². The molecule has 0 radical (unpaired) electrons. The van der Waals surface area contributed by atoms with Gasteiger partial charge in [0, 0.05) is 12.1 Å². The second kappa shape index (κ2) is 13.6. The van der Waals surface area contributed by atoms with Gasteiger partial charge in [0.25, 0.3) is 10.0 Å². The summed E-state index contributed by atoms with van der Waals surface area (Å²) in [6.45, 7) is 9.33. The van der Waals surface area contributed by atoms with Crippen molar-refractivity contribution in [2.45, 2.75) is 70.4 Å². The maximum atomic E-state index is 14.1. The number of nitrogens with zero attached hydrogens (tertiary/aromatic N) is 2. The quantitative estimate of drug-likeness (QED) is 0.328. The summed E-state index contributed by atoms with van der Waals surface area (Å²) >= 11 is 0. The molecule has 0 spiro atoms. The van der Waals surface area contributed by atoms with Gasteiger partial charge in [-0.3, -0.25) is 13.9 Å². The van der Waals surface area contributed by atoms with Gasteiger partial charge in [-0.25, -0.2) is 8.42 Å². The molecule has 0 aromatic heterocycles. The van der Waals surface area contributed by atoms with Crippen LogP contribution in [0.25, 0.3) is 0 Å². The van der Waals surface area contributed by atoms with Crippen LogP contribution in [0.15, 0.2) is 89.8 Å². The molecule has 0 aliphatic rings. The number of nitrogens with one attached hydrogen (secondary N) is 1. The molecule has 8 heteroatoms. The summed E-state index contributed by atoms with van der Waals surface area (Å²) in [7, 11) is -4.08. The summed E-state index contributed by atoms with van der Waals surface area (Å²) < 4.78 is 29.1. The molecule has 0 fully saturated rings. The predicted molar refractivity (Wildman–Crippen MR) is 161 cm³/mol. The molecule has 40 heavy (non-hydrogen) atoms. The van der Waals surface area contributed by atoms with Crippen molar-refractivity contribution in [3.8, 4) is 0 Å². The number of carbonyl (C=O) groups is 2. The second-order valence-electron chi connectivity index (χ2n) is 10.8. The Balaban J connectivity index is 2.04. The zero-order valence-electron chi connectivity index (χ0n) is 24.1. The van der Waals surface area contributed by atoms with E-state index in [1.165, 1.54) is 21.3 Å². The van der Waals surface area contributed by atoms with Crippen molar-refractivity contribution in [3.05, 3.63) is 96.1 Å². The van der Waals surface area contributed by atoms with Crippen molar-refractivity contribution in [3.63, 3.8) is 0 Å². The fourth-order valence-electron chi connectivity index (χ4n) is 4.63. The maximum absolute atomic E-state index is 14.1. The van der Waals surface area contributed by atoms with Crippen molar-refractivity contribution in [2.75, 3.05) is 17.4 Å². The van der Waals surface area contributed by atoms with Gasteiger partial charge in [0.1, 0.15) is 12.6 Å². The predicted octanol–water partition coefficient (Wildman–Crippen LogP) is 5.21. The topological polar surface area (TPSA) is 86.8 Å². The van der Waals surface area contributed by atoms with E-state index in [9.17, 15) is 18.0 Å². The number of aryl methyl sites for hydroxylation is 1. The molecule has 0 aliphatic carbocycles. The van der Waals surface area contributed by atoms with E-state index in [-0.39, 0.29) is 17.3 Å². The molecule has 0 bridgehead atoms. The lowest BCUT2D eigenvalue weighted by molar-refractivity contribution is -0.140. The molecule has 1 unspecified atom stereocenters. The van der Waals surface area contributed by atoms with Crippen molar-refractivity contribution in [1.29, 1.82) is 0 Å². The first kappa shape index (κ1) is 30.9. The highest BCUT2D eigenvalue weighted by Crippen LogP contribution is 2.28. The molecule has 3 aromatic carbocycles. The first-order valence-corrected chi connectivity index (χ1v) is 15.2. The standard InChI is InChI=1S/C32H41N3O4S/c1-6-26-18-14-15-21-29(26)35(40(38,39)27-19-12-9-13-20-27)24-30(36)34(23-22-25-16-10-8-11-17-25)28(7-2)31(37)33-32(3,4)5/h8-21,28H,6-7,22-24H2,1-5H3,(H,33,37). The molecule has 0 saturated carbocycles. The van der Waals surface area contributed by atoms with Crippen LogP contribution < -0.4 is 9.62 Å². The highest BCUT2D eigenvalue weighted by atomic mass is 32.2. The second-order valence-corrected chi connectivity index (χ2v) is 12.7. The van der Waals surface area contributed by atoms with E-state index in [2.05, 4.69) is 5.32 Å². The molecule has 7 nitrogen and oxygen atoms in total. The van der Waals surface area contributed by atoms with Crippen LogP contribution in [-0.2, 0) is 32.5 Å². The summed E-state index contributed by atoms with van der Waals surface area (Å²) in [6.07, 6.45) is 1.51. The smallest absolute Gasteiger partial charge is 0.264 e. The first-order chi connectivity index (χ1) is 19.0. The van der Waals surface area contributed by atoms with Crippen LogP contribution in [-0.4, -0.2) is 49.8 Å². The van der Waals surface area contributed by atoms with Crippen LogP contribution in [0.3, 0.4) is 0 Å². The number of sulfonamides is 1. The minimum absolute atomic E-state index is 0.0991. The summed E-state index contributed by atoms with van der Waals surface area (Å²) in [4.78, 5) is 29.2. The van der Waals surface area contributed by atoms with E-state index in [0.717, 1.165) is 11.1 Å². The Morgan fingerprint density at radius 2 is 1.43 bits per heavy atom. The van der Waals surface area contributed by atoms with Crippen LogP contribution in [0.5, 0.6) is 0 Å². The Labute approximate surface area is 239 Å². The third-order valence-corrected chi connectivity index (χ3v) is 8.39. The van der Waals surface area contributed by atoms with Gasteiger partial charge in [-0.15, -0.1) is 0 Å². The maximum Gasteiger partial charge on any atom is 0.264 e. The van der Waals surface area contributed by atoms with Gasteiger partial charge in [-0.1, -0.05) is 80.6 Å². The summed E-state index contributed by atoms with van der Waals surface area (Å²) in [6, 6.07) is 24.3. The average molecular weight is 564 g/mol. The van der Waals surface area contributed by atoms with Gasteiger partial charge in [-0.05, 0) is 69.4 Å². The van der Waals surface area contributed by atoms with Gasteiger partial charge in [0.05, 0.1) is 10.6 Å². The third kappa shape index (κ3) is 7.94. The highest BCUT2D eigenvalue weighted by Gasteiger charge is 2.34. The van der Waals surface area contributed by atoms with E-state index in [1.807, 2.05) is 77.1 Å². The summed E-state index contributed by atoms with van der Waals surface area (Å²) in [5.74, 6) is -0.694. The number of hydrogen-bond donors (Lipinski definition) is 1. The first-order valence-electron chi connectivity index (χ1n) is 13.8. The lowest BCUT2D eigenvalue weighted by Gasteiger charge is -2.35. The zero-order valence-corrected chi connectivity index (χ0v) is 24.9. The number of carbonyl (C=O) groups excluding carboxylic acids is 2. The van der Waals surface area contributed by atoms with E-state index >= 15 is 0 Å². The number of anilines is 1. The molecule has 0 aliphatic heterocycles. The molecule has 0 heterocycles. The van der Waals surface area contributed by atoms with Crippen LogP contribution in [0.4, 0.5) is 5.69 Å². The number of rotatable bonds is 12. The minimum atomic E-state index is -4.08. The fourth-order valence-corrected chi connectivity index (χ4v) is 6.11. The Bertz CT molecular complexity index is 1370. The van der Waals surface area contributed by atoms with Crippen molar-refractivity contribution >= 4 is 27.5 Å². The monoisotopic (exact) mass is 563 g/mol. The SMILES string of the molecule is CCc1ccccc1N(CC(=O)N(CCc1ccccc1)C(CC)C(=O)NC(C)(C)C)S(=O)(=O)c1ccccc1. The van der Waals surface area contributed by atoms with Gasteiger partial charge in [0.15, 0.2) is 0 Å². The van der Waals surface area contributed by atoms with Crippen molar-refractivity contribution < 1.29 is 18.0 Å². The number of para-hydroxylation sites is 1. The molecule has 3 aromatic rings. The third-order valence-electron chi connectivity index (χ3n) is 6.62. The molecular weight excluding hydrogens is 522 g/mol. The largest absolute Gasteiger partial charge is 0.350 e. The lowest BCUT2D eigenvalue weighted by atomic mass is 10.1. The van der Waals surface area contributed by atoms with Crippen LogP contribution in [0.2, 0.25) is 0 Å². The van der Waals surface area contributed by atoms with E-state index in [4.69, 9.17) is 0 Å². The molecule has 214 valence electrons. The van der Waals surface area contributed by atoms with E-state index < -0.39 is 34.1 Å². The number of hydrogen-bond acceptors (Lipinski definition) is 4. The van der Waals surface area contributed by atoms with Crippen molar-refractivity contribution in [1.82, 2.24) is 10.2 Å². The summed E-state index contributed by atoms with van der Waals surface area (Å²) in [5, 5.41) is 3.00. The minimum Gasteiger partial charge on any atom is -0.350 e.